The second-order valence-electron chi connectivity index (χ2n) is 4.63. The average Bonchev–Trinajstić information content (AvgIpc) is 2.82. The van der Waals surface area contributed by atoms with Crippen molar-refractivity contribution in [2.75, 3.05) is 5.75 Å². The number of nitrogens with two attached hydrogens (primary N) is 1. The number of pyridine rings is 1. The Morgan fingerprint density at radius 1 is 1.47 bits per heavy atom. The van der Waals surface area contributed by atoms with Crippen molar-refractivity contribution in [1.82, 2.24) is 4.98 Å². The number of amidine groups is 1. The van der Waals surface area contributed by atoms with E-state index in [-0.39, 0.29) is 5.84 Å². The van der Waals surface area contributed by atoms with Crippen LogP contribution in [-0.4, -0.2) is 16.6 Å². The standard InChI is InChI=1S/C13H19N3S/c14-13(15)12-7-11(5-6-16-12)9-17-8-10-3-1-2-4-10/h5-7,10H,1-4,8-9H2,(H3,14,15). The van der Waals surface area contributed by atoms with E-state index >= 15 is 0 Å². The van der Waals surface area contributed by atoms with E-state index in [1.165, 1.54) is 37.0 Å². The van der Waals surface area contributed by atoms with E-state index in [1.54, 1.807) is 6.20 Å². The van der Waals surface area contributed by atoms with Crippen LogP contribution < -0.4 is 5.73 Å². The van der Waals surface area contributed by atoms with Crippen LogP contribution in [0.15, 0.2) is 18.3 Å². The minimum atomic E-state index is 0.0487. The fraction of sp³-hybridized carbons (Fsp3) is 0.538. The van der Waals surface area contributed by atoms with Gasteiger partial charge in [-0.05, 0) is 42.2 Å². The molecule has 1 saturated carbocycles. The summed E-state index contributed by atoms with van der Waals surface area (Å²) in [6, 6.07) is 3.93. The average molecular weight is 249 g/mol. The lowest BCUT2D eigenvalue weighted by atomic mass is 10.1. The quantitative estimate of drug-likeness (QED) is 0.623. The Bertz CT molecular complexity index is 386. The van der Waals surface area contributed by atoms with Crippen molar-refractivity contribution in [3.63, 3.8) is 0 Å². The normalized spacial score (nSPS) is 16.2. The lowest BCUT2D eigenvalue weighted by Gasteiger charge is -2.08. The molecule has 1 heterocycles. The number of nitrogens with one attached hydrogen (secondary N) is 1. The highest BCUT2D eigenvalue weighted by molar-refractivity contribution is 7.98. The first-order valence-electron chi connectivity index (χ1n) is 6.13. The number of nitrogen functional groups attached to an aromatic ring is 1. The van der Waals surface area contributed by atoms with Gasteiger partial charge in [-0.3, -0.25) is 10.4 Å². The predicted octanol–water partition coefficient (Wildman–Crippen LogP) is 2.79. The van der Waals surface area contributed by atoms with Gasteiger partial charge in [-0.2, -0.15) is 11.8 Å². The summed E-state index contributed by atoms with van der Waals surface area (Å²) in [5.41, 5.74) is 7.23. The maximum Gasteiger partial charge on any atom is 0.141 e. The Hall–Kier alpha value is -1.03. The Morgan fingerprint density at radius 3 is 2.94 bits per heavy atom. The molecule has 1 aliphatic rings. The van der Waals surface area contributed by atoms with E-state index in [2.05, 4.69) is 4.98 Å². The van der Waals surface area contributed by atoms with Crippen molar-refractivity contribution in [3.8, 4) is 0 Å². The van der Waals surface area contributed by atoms with Crippen molar-refractivity contribution >= 4 is 17.6 Å². The summed E-state index contributed by atoms with van der Waals surface area (Å²) in [4.78, 5) is 4.07. The first-order valence-corrected chi connectivity index (χ1v) is 7.28. The van der Waals surface area contributed by atoms with Crippen LogP contribution in [-0.2, 0) is 5.75 Å². The number of thioether (sulfide) groups is 1. The Labute approximate surface area is 107 Å². The Kier molecular flexibility index (Phi) is 4.42. The van der Waals surface area contributed by atoms with Crippen molar-refractivity contribution in [2.45, 2.75) is 31.4 Å². The smallest absolute Gasteiger partial charge is 0.141 e. The second-order valence-corrected chi connectivity index (χ2v) is 5.66. The molecule has 0 aromatic carbocycles. The van der Waals surface area contributed by atoms with Gasteiger partial charge in [-0.1, -0.05) is 12.8 Å². The lowest BCUT2D eigenvalue weighted by molar-refractivity contribution is 0.623. The van der Waals surface area contributed by atoms with Gasteiger partial charge in [0.05, 0.1) is 0 Å². The van der Waals surface area contributed by atoms with Gasteiger partial charge in [0.1, 0.15) is 11.5 Å². The molecule has 0 atom stereocenters. The summed E-state index contributed by atoms with van der Waals surface area (Å²) in [6.07, 6.45) is 7.37. The van der Waals surface area contributed by atoms with E-state index in [0.29, 0.717) is 5.69 Å². The van der Waals surface area contributed by atoms with Crippen LogP contribution in [0.5, 0.6) is 0 Å². The molecule has 3 N–H and O–H groups in total. The van der Waals surface area contributed by atoms with Gasteiger partial charge in [0.15, 0.2) is 0 Å². The van der Waals surface area contributed by atoms with Gasteiger partial charge in [0, 0.05) is 11.9 Å². The van der Waals surface area contributed by atoms with Crippen molar-refractivity contribution in [2.24, 2.45) is 11.7 Å². The maximum absolute atomic E-state index is 7.35. The topological polar surface area (TPSA) is 62.8 Å². The van der Waals surface area contributed by atoms with Crippen LogP contribution >= 0.6 is 11.8 Å². The lowest BCUT2D eigenvalue weighted by Crippen LogP contribution is -2.13. The molecule has 0 radical (unpaired) electrons. The monoisotopic (exact) mass is 249 g/mol. The molecule has 0 bridgehead atoms. The van der Waals surface area contributed by atoms with E-state index in [0.717, 1.165) is 11.7 Å². The van der Waals surface area contributed by atoms with Crippen LogP contribution in [0.1, 0.15) is 36.9 Å². The molecular formula is C13H19N3S. The molecule has 4 heteroatoms. The molecule has 0 unspecified atom stereocenters. The number of aromatic nitrogens is 1. The molecule has 0 spiro atoms. The van der Waals surface area contributed by atoms with Gasteiger partial charge in [-0.15, -0.1) is 0 Å². The SMILES string of the molecule is N=C(N)c1cc(CSCC2CCCC2)ccn1. The Balaban J connectivity index is 1.81. The van der Waals surface area contributed by atoms with Gasteiger partial charge < -0.3 is 5.73 Å². The molecule has 1 aromatic rings. The first-order chi connectivity index (χ1) is 8.25. The Morgan fingerprint density at radius 2 is 2.24 bits per heavy atom. The predicted molar refractivity (Wildman–Crippen MR) is 73.4 cm³/mol. The summed E-state index contributed by atoms with van der Waals surface area (Å²) in [6.45, 7) is 0. The molecule has 1 fully saturated rings. The maximum atomic E-state index is 7.35. The van der Waals surface area contributed by atoms with Crippen molar-refractivity contribution in [3.05, 3.63) is 29.6 Å². The van der Waals surface area contributed by atoms with Gasteiger partial charge in [0.25, 0.3) is 0 Å². The third-order valence-electron chi connectivity index (χ3n) is 3.20. The van der Waals surface area contributed by atoms with Crippen LogP contribution in [0.2, 0.25) is 0 Å². The number of hydrogen-bond acceptors (Lipinski definition) is 3. The molecule has 1 aromatic heterocycles. The summed E-state index contributed by atoms with van der Waals surface area (Å²) in [5, 5.41) is 7.35. The third kappa shape index (κ3) is 3.73. The van der Waals surface area contributed by atoms with E-state index in [1.807, 2.05) is 23.9 Å². The van der Waals surface area contributed by atoms with Crippen LogP contribution in [0.25, 0.3) is 0 Å². The molecule has 1 aliphatic carbocycles. The number of nitrogens with zero attached hydrogens (tertiary/aromatic N) is 1. The van der Waals surface area contributed by atoms with Gasteiger partial charge in [0.2, 0.25) is 0 Å². The second kappa shape index (κ2) is 6.05. The zero-order valence-electron chi connectivity index (χ0n) is 9.98. The molecule has 92 valence electrons. The van der Waals surface area contributed by atoms with Crippen LogP contribution in [0, 0.1) is 11.3 Å². The zero-order valence-corrected chi connectivity index (χ0v) is 10.8. The molecule has 0 saturated heterocycles. The highest BCUT2D eigenvalue weighted by Crippen LogP contribution is 2.28. The molecule has 2 rings (SSSR count). The van der Waals surface area contributed by atoms with Crippen molar-refractivity contribution in [1.29, 1.82) is 5.41 Å². The van der Waals surface area contributed by atoms with Crippen molar-refractivity contribution < 1.29 is 0 Å². The minimum absolute atomic E-state index is 0.0487. The molecule has 17 heavy (non-hydrogen) atoms. The third-order valence-corrected chi connectivity index (χ3v) is 4.44. The summed E-state index contributed by atoms with van der Waals surface area (Å²) >= 11 is 1.98. The first kappa shape index (κ1) is 12.4. The summed E-state index contributed by atoms with van der Waals surface area (Å²) in [7, 11) is 0. The molecule has 0 aliphatic heterocycles. The highest BCUT2D eigenvalue weighted by atomic mass is 32.2. The molecule has 3 nitrogen and oxygen atoms in total. The van der Waals surface area contributed by atoms with Gasteiger partial charge in [-0.25, -0.2) is 0 Å². The summed E-state index contributed by atoms with van der Waals surface area (Å²) in [5.74, 6) is 3.23. The van der Waals surface area contributed by atoms with E-state index in [4.69, 9.17) is 11.1 Å². The number of rotatable bonds is 5. The fourth-order valence-corrected chi connectivity index (χ4v) is 3.43. The van der Waals surface area contributed by atoms with Crippen LogP contribution in [0.3, 0.4) is 0 Å². The number of hydrogen-bond donors (Lipinski definition) is 2. The van der Waals surface area contributed by atoms with E-state index in [9.17, 15) is 0 Å². The minimum Gasteiger partial charge on any atom is -0.382 e. The zero-order chi connectivity index (χ0) is 12.1. The van der Waals surface area contributed by atoms with Gasteiger partial charge >= 0.3 is 0 Å². The van der Waals surface area contributed by atoms with E-state index < -0.39 is 0 Å². The fourth-order valence-electron chi connectivity index (χ4n) is 2.23. The van der Waals surface area contributed by atoms with Crippen LogP contribution in [0.4, 0.5) is 0 Å². The highest BCUT2D eigenvalue weighted by Gasteiger charge is 2.14. The molecular weight excluding hydrogens is 230 g/mol. The largest absolute Gasteiger partial charge is 0.382 e. The summed E-state index contributed by atoms with van der Waals surface area (Å²) < 4.78 is 0. The molecule has 0 amide bonds.